The molecule has 0 amide bonds. The van der Waals surface area contributed by atoms with Crippen molar-refractivity contribution in [3.05, 3.63) is 0 Å². The maximum Gasteiger partial charge on any atom is 0.333 e. The van der Waals surface area contributed by atoms with Crippen molar-refractivity contribution in [1.29, 1.82) is 0 Å². The Hall–Kier alpha value is -1.10. The van der Waals surface area contributed by atoms with E-state index in [1.807, 2.05) is 0 Å². The van der Waals surface area contributed by atoms with Gasteiger partial charge in [0.1, 0.15) is 5.60 Å². The topological polar surface area (TPSA) is 83.8 Å². The van der Waals surface area contributed by atoms with Crippen LogP contribution in [0.2, 0.25) is 0 Å². The fourth-order valence-corrected chi connectivity index (χ4v) is 2.10. The Morgan fingerprint density at radius 1 is 1.35 bits per heavy atom. The van der Waals surface area contributed by atoms with E-state index in [1.54, 1.807) is 20.8 Å². The highest BCUT2D eigenvalue weighted by molar-refractivity contribution is 5.77. The Balaban J connectivity index is 2.64. The van der Waals surface area contributed by atoms with Crippen LogP contribution in [0.4, 0.5) is 0 Å². The van der Waals surface area contributed by atoms with Crippen molar-refractivity contribution in [2.75, 3.05) is 0 Å². The van der Waals surface area contributed by atoms with Crippen LogP contribution in [-0.2, 0) is 14.3 Å². The molecular formula is C12H20O5. The second-order valence-corrected chi connectivity index (χ2v) is 5.72. The van der Waals surface area contributed by atoms with E-state index >= 15 is 0 Å². The number of aliphatic hydroxyl groups excluding tert-OH is 1. The first-order valence-electron chi connectivity index (χ1n) is 5.79. The third kappa shape index (κ3) is 3.43. The van der Waals surface area contributed by atoms with E-state index < -0.39 is 29.1 Å². The number of esters is 1. The summed E-state index contributed by atoms with van der Waals surface area (Å²) in [6.45, 7) is 5.27. The standard InChI is InChI=1S/C12H20O5/c1-11(2,3)17-8(13)7-12(5-4-6-12)9(14)10(15)16/h9,14H,4-7H2,1-3H3,(H,15,16). The van der Waals surface area contributed by atoms with Crippen LogP contribution in [0.25, 0.3) is 0 Å². The lowest BCUT2D eigenvalue weighted by molar-refractivity contribution is -0.171. The average molecular weight is 244 g/mol. The van der Waals surface area contributed by atoms with Crippen molar-refractivity contribution in [3.8, 4) is 0 Å². The van der Waals surface area contributed by atoms with Crippen LogP contribution in [-0.4, -0.2) is 33.9 Å². The lowest BCUT2D eigenvalue weighted by Crippen LogP contribution is -2.47. The molecule has 5 heteroatoms. The molecule has 1 aliphatic carbocycles. The molecule has 1 fully saturated rings. The summed E-state index contributed by atoms with van der Waals surface area (Å²) in [5.41, 5.74) is -1.41. The van der Waals surface area contributed by atoms with Crippen LogP contribution >= 0.6 is 0 Å². The van der Waals surface area contributed by atoms with E-state index in [0.29, 0.717) is 12.8 Å². The first-order valence-corrected chi connectivity index (χ1v) is 5.79. The van der Waals surface area contributed by atoms with Gasteiger partial charge in [-0.25, -0.2) is 4.79 Å². The summed E-state index contributed by atoms with van der Waals surface area (Å²) in [4.78, 5) is 22.5. The first kappa shape index (κ1) is 14.0. The number of rotatable bonds is 4. The van der Waals surface area contributed by atoms with Gasteiger partial charge in [-0.05, 0) is 33.6 Å². The number of aliphatic hydroxyl groups is 1. The largest absolute Gasteiger partial charge is 0.479 e. The zero-order chi connectivity index (χ0) is 13.3. The van der Waals surface area contributed by atoms with Crippen LogP contribution in [0.15, 0.2) is 0 Å². The molecule has 0 aromatic carbocycles. The van der Waals surface area contributed by atoms with Crippen molar-refractivity contribution < 1.29 is 24.5 Å². The number of aliphatic carboxylic acids is 1. The van der Waals surface area contributed by atoms with Gasteiger partial charge in [0.25, 0.3) is 0 Å². The molecule has 1 rings (SSSR count). The van der Waals surface area contributed by atoms with E-state index in [-0.39, 0.29) is 6.42 Å². The molecule has 0 aromatic heterocycles. The molecule has 1 aliphatic rings. The lowest BCUT2D eigenvalue weighted by Gasteiger charge is -2.43. The van der Waals surface area contributed by atoms with E-state index in [0.717, 1.165) is 6.42 Å². The summed E-state index contributed by atoms with van der Waals surface area (Å²) < 4.78 is 5.16. The van der Waals surface area contributed by atoms with Crippen LogP contribution in [0.5, 0.6) is 0 Å². The SMILES string of the molecule is CC(C)(C)OC(=O)CC1(C(O)C(=O)O)CCC1. The Kier molecular flexibility index (Phi) is 3.81. The van der Waals surface area contributed by atoms with Crippen LogP contribution in [0, 0.1) is 5.41 Å². The smallest absolute Gasteiger partial charge is 0.333 e. The summed E-state index contributed by atoms with van der Waals surface area (Å²) in [7, 11) is 0. The fraction of sp³-hybridized carbons (Fsp3) is 0.833. The van der Waals surface area contributed by atoms with Crippen molar-refractivity contribution >= 4 is 11.9 Å². The van der Waals surface area contributed by atoms with Gasteiger partial charge in [0.15, 0.2) is 6.10 Å². The molecule has 5 nitrogen and oxygen atoms in total. The molecule has 2 N–H and O–H groups in total. The monoisotopic (exact) mass is 244 g/mol. The highest BCUT2D eigenvalue weighted by Crippen LogP contribution is 2.47. The first-order chi connectivity index (χ1) is 7.66. The average Bonchev–Trinajstić information content (AvgIpc) is 2.07. The molecular weight excluding hydrogens is 224 g/mol. The summed E-state index contributed by atoms with van der Waals surface area (Å²) in [5, 5.41) is 18.5. The van der Waals surface area contributed by atoms with Gasteiger partial charge in [0.2, 0.25) is 0 Å². The highest BCUT2D eigenvalue weighted by atomic mass is 16.6. The van der Waals surface area contributed by atoms with Crippen molar-refractivity contribution in [2.24, 2.45) is 5.41 Å². The van der Waals surface area contributed by atoms with E-state index in [4.69, 9.17) is 9.84 Å². The van der Waals surface area contributed by atoms with Gasteiger partial charge in [0, 0.05) is 5.41 Å². The third-order valence-corrected chi connectivity index (χ3v) is 3.08. The minimum Gasteiger partial charge on any atom is -0.479 e. The Morgan fingerprint density at radius 3 is 2.18 bits per heavy atom. The summed E-state index contributed by atoms with van der Waals surface area (Å²) >= 11 is 0. The molecule has 1 atom stereocenters. The van der Waals surface area contributed by atoms with Crippen LogP contribution < -0.4 is 0 Å². The van der Waals surface area contributed by atoms with Gasteiger partial charge in [-0.2, -0.15) is 0 Å². The Morgan fingerprint density at radius 2 is 1.88 bits per heavy atom. The number of carboxylic acids is 1. The van der Waals surface area contributed by atoms with E-state index in [2.05, 4.69) is 0 Å². The van der Waals surface area contributed by atoms with E-state index in [1.165, 1.54) is 0 Å². The molecule has 0 heterocycles. The molecule has 0 bridgehead atoms. The fourth-order valence-electron chi connectivity index (χ4n) is 2.10. The van der Waals surface area contributed by atoms with E-state index in [9.17, 15) is 14.7 Å². The molecule has 0 spiro atoms. The van der Waals surface area contributed by atoms with Gasteiger partial charge in [-0.1, -0.05) is 6.42 Å². The summed E-state index contributed by atoms with van der Waals surface area (Å²) in [6.07, 6.45) is 0.438. The zero-order valence-electron chi connectivity index (χ0n) is 10.5. The number of hydrogen-bond donors (Lipinski definition) is 2. The maximum atomic E-state index is 11.7. The van der Waals surface area contributed by atoms with Crippen molar-refractivity contribution in [3.63, 3.8) is 0 Å². The number of hydrogen-bond acceptors (Lipinski definition) is 4. The quantitative estimate of drug-likeness (QED) is 0.729. The van der Waals surface area contributed by atoms with Gasteiger partial charge in [-0.3, -0.25) is 4.79 Å². The molecule has 0 aromatic rings. The predicted molar refractivity (Wildman–Crippen MR) is 60.4 cm³/mol. The molecule has 98 valence electrons. The number of carbonyl (C=O) groups excluding carboxylic acids is 1. The molecule has 1 unspecified atom stereocenters. The molecule has 17 heavy (non-hydrogen) atoms. The lowest BCUT2D eigenvalue weighted by atomic mass is 9.63. The maximum absolute atomic E-state index is 11.7. The minimum absolute atomic E-state index is 0.0300. The Bertz CT molecular complexity index is 311. The highest BCUT2D eigenvalue weighted by Gasteiger charge is 2.49. The third-order valence-electron chi connectivity index (χ3n) is 3.08. The molecule has 0 aliphatic heterocycles. The second kappa shape index (κ2) is 4.64. The molecule has 0 saturated heterocycles. The zero-order valence-corrected chi connectivity index (χ0v) is 10.5. The van der Waals surface area contributed by atoms with Gasteiger partial charge in [0.05, 0.1) is 6.42 Å². The van der Waals surface area contributed by atoms with Crippen molar-refractivity contribution in [1.82, 2.24) is 0 Å². The summed E-state index contributed by atoms with van der Waals surface area (Å²) in [6, 6.07) is 0. The number of carboxylic acid groups (broad SMARTS) is 1. The van der Waals surface area contributed by atoms with Gasteiger partial charge < -0.3 is 14.9 Å². The van der Waals surface area contributed by atoms with Crippen LogP contribution in [0.3, 0.4) is 0 Å². The number of ether oxygens (including phenoxy) is 1. The Labute approximate surface area is 101 Å². The minimum atomic E-state index is -1.48. The molecule has 1 saturated carbocycles. The van der Waals surface area contributed by atoms with Crippen LogP contribution in [0.1, 0.15) is 46.5 Å². The normalized spacial score (nSPS) is 20.2. The predicted octanol–water partition coefficient (Wildman–Crippen LogP) is 1.33. The van der Waals surface area contributed by atoms with Crippen molar-refractivity contribution in [2.45, 2.75) is 58.2 Å². The number of carbonyl (C=O) groups is 2. The van der Waals surface area contributed by atoms with Gasteiger partial charge >= 0.3 is 11.9 Å². The summed E-state index contributed by atoms with van der Waals surface area (Å²) in [5.74, 6) is -1.72. The van der Waals surface area contributed by atoms with Gasteiger partial charge in [-0.15, -0.1) is 0 Å². The second-order valence-electron chi connectivity index (χ2n) is 5.72. The molecule has 0 radical (unpaired) electrons.